The summed E-state index contributed by atoms with van der Waals surface area (Å²) in [6, 6.07) is 81.6. The molecule has 65 heavy (non-hydrogen) atoms. The zero-order chi connectivity index (χ0) is 43.3. The van der Waals surface area contributed by atoms with Gasteiger partial charge in [-0.2, -0.15) is 0 Å². The second kappa shape index (κ2) is 14.4. The van der Waals surface area contributed by atoms with Gasteiger partial charge < -0.3 is 4.90 Å². The molecule has 4 aliphatic carbocycles. The topological polar surface area (TPSA) is 3.24 Å². The summed E-state index contributed by atoms with van der Waals surface area (Å²) in [4.78, 5) is 2.50. The SMILES string of the molecule is CC1(C)c2ccccc2-c2c(-c3ccc(N(c4ccc(-c5ccccc5)cc4)c4cccc5c4-c4ccccc4C54C5=C(CCC(c6ccccc6)=C5)c5ccccc54)cc3)cccc21. The third kappa shape index (κ3) is 5.45. The molecular weight excluding hydrogens is 783 g/mol. The van der Waals surface area contributed by atoms with Gasteiger partial charge in [0.15, 0.2) is 0 Å². The molecular formula is C64H47N. The van der Waals surface area contributed by atoms with Crippen molar-refractivity contribution in [3.8, 4) is 44.5 Å². The molecule has 0 fully saturated rings. The van der Waals surface area contributed by atoms with Crippen LogP contribution in [0, 0.1) is 0 Å². The maximum absolute atomic E-state index is 2.56. The Morgan fingerprint density at radius 1 is 0.354 bits per heavy atom. The first-order valence-corrected chi connectivity index (χ1v) is 23.1. The molecule has 0 saturated carbocycles. The molecule has 0 radical (unpaired) electrons. The van der Waals surface area contributed by atoms with E-state index in [1.54, 1.807) is 0 Å². The molecule has 0 aromatic heterocycles. The minimum absolute atomic E-state index is 0.0564. The van der Waals surface area contributed by atoms with Crippen LogP contribution >= 0.6 is 0 Å². The molecule has 1 atom stereocenters. The summed E-state index contributed by atoms with van der Waals surface area (Å²) >= 11 is 0. The summed E-state index contributed by atoms with van der Waals surface area (Å²) in [5, 5.41) is 0. The van der Waals surface area contributed by atoms with Gasteiger partial charge in [-0.05, 0) is 138 Å². The predicted octanol–water partition coefficient (Wildman–Crippen LogP) is 16.8. The average Bonchev–Trinajstić information content (AvgIpc) is 3.94. The van der Waals surface area contributed by atoms with Gasteiger partial charge in [0.1, 0.15) is 0 Å². The summed E-state index contributed by atoms with van der Waals surface area (Å²) in [7, 11) is 0. The highest BCUT2D eigenvalue weighted by Gasteiger charge is 2.53. The van der Waals surface area contributed by atoms with E-state index in [4.69, 9.17) is 0 Å². The fourth-order valence-electron chi connectivity index (χ4n) is 12.2. The second-order valence-corrected chi connectivity index (χ2v) is 18.7. The molecule has 0 heterocycles. The van der Waals surface area contributed by atoms with Gasteiger partial charge in [0.05, 0.1) is 11.1 Å². The fraction of sp³-hybridized carbons (Fsp3) is 0.0938. The number of allylic oxidation sites excluding steroid dienone is 4. The van der Waals surface area contributed by atoms with Crippen molar-refractivity contribution in [3.05, 3.63) is 269 Å². The lowest BCUT2D eigenvalue weighted by Crippen LogP contribution is -2.27. The normalized spacial score (nSPS) is 16.9. The summed E-state index contributed by atoms with van der Waals surface area (Å²) in [6.07, 6.45) is 4.61. The first kappa shape index (κ1) is 37.8. The number of nitrogens with zero attached hydrogens (tertiary/aromatic N) is 1. The minimum Gasteiger partial charge on any atom is -0.310 e. The van der Waals surface area contributed by atoms with Gasteiger partial charge in [0.2, 0.25) is 0 Å². The molecule has 9 aromatic carbocycles. The zero-order valence-corrected chi connectivity index (χ0v) is 36.7. The van der Waals surface area contributed by atoms with Crippen LogP contribution in [0.4, 0.5) is 17.1 Å². The molecule has 0 N–H and O–H groups in total. The van der Waals surface area contributed by atoms with E-state index in [1.807, 2.05) is 0 Å². The molecule has 13 rings (SSSR count). The summed E-state index contributed by atoms with van der Waals surface area (Å²) in [5.41, 5.74) is 27.0. The Morgan fingerprint density at radius 3 is 1.54 bits per heavy atom. The highest BCUT2D eigenvalue weighted by Crippen LogP contribution is 2.66. The Morgan fingerprint density at radius 2 is 0.846 bits per heavy atom. The Balaban J connectivity index is 1.02. The van der Waals surface area contributed by atoms with E-state index in [1.165, 1.54) is 106 Å². The first-order chi connectivity index (χ1) is 32.0. The van der Waals surface area contributed by atoms with Crippen molar-refractivity contribution in [2.45, 2.75) is 37.5 Å². The highest BCUT2D eigenvalue weighted by molar-refractivity contribution is 6.03. The Kier molecular flexibility index (Phi) is 8.37. The summed E-state index contributed by atoms with van der Waals surface area (Å²) < 4.78 is 0. The van der Waals surface area contributed by atoms with Crippen molar-refractivity contribution in [2.75, 3.05) is 4.90 Å². The van der Waals surface area contributed by atoms with Crippen molar-refractivity contribution >= 4 is 28.2 Å². The van der Waals surface area contributed by atoms with Gasteiger partial charge in [0, 0.05) is 22.4 Å². The molecule has 1 spiro atoms. The molecule has 1 nitrogen and oxygen atoms in total. The van der Waals surface area contributed by atoms with Crippen LogP contribution in [-0.2, 0) is 10.8 Å². The van der Waals surface area contributed by atoms with E-state index in [2.05, 4.69) is 243 Å². The number of anilines is 3. The van der Waals surface area contributed by atoms with Gasteiger partial charge in [-0.15, -0.1) is 0 Å². The van der Waals surface area contributed by atoms with Crippen LogP contribution in [0.2, 0.25) is 0 Å². The molecule has 0 amide bonds. The van der Waals surface area contributed by atoms with Crippen molar-refractivity contribution in [3.63, 3.8) is 0 Å². The average molecular weight is 830 g/mol. The predicted molar refractivity (Wildman–Crippen MR) is 272 cm³/mol. The van der Waals surface area contributed by atoms with Crippen molar-refractivity contribution < 1.29 is 0 Å². The maximum Gasteiger partial charge on any atom is 0.0723 e. The Hall–Kier alpha value is -7.74. The van der Waals surface area contributed by atoms with Crippen LogP contribution < -0.4 is 4.90 Å². The van der Waals surface area contributed by atoms with Crippen LogP contribution in [0.5, 0.6) is 0 Å². The second-order valence-electron chi connectivity index (χ2n) is 18.7. The molecule has 1 unspecified atom stereocenters. The van der Waals surface area contributed by atoms with Crippen LogP contribution in [0.3, 0.4) is 0 Å². The van der Waals surface area contributed by atoms with E-state index in [-0.39, 0.29) is 5.41 Å². The third-order valence-corrected chi connectivity index (χ3v) is 15.1. The van der Waals surface area contributed by atoms with E-state index in [9.17, 15) is 0 Å². The first-order valence-electron chi connectivity index (χ1n) is 23.1. The van der Waals surface area contributed by atoms with Crippen LogP contribution in [0.15, 0.2) is 230 Å². The maximum atomic E-state index is 2.56. The van der Waals surface area contributed by atoms with Crippen molar-refractivity contribution in [1.82, 2.24) is 0 Å². The van der Waals surface area contributed by atoms with E-state index in [0.29, 0.717) is 0 Å². The molecule has 9 aromatic rings. The summed E-state index contributed by atoms with van der Waals surface area (Å²) in [6.45, 7) is 4.72. The third-order valence-electron chi connectivity index (χ3n) is 15.1. The van der Waals surface area contributed by atoms with E-state index >= 15 is 0 Å². The fourth-order valence-corrected chi connectivity index (χ4v) is 12.2. The lowest BCUT2D eigenvalue weighted by Gasteiger charge is -2.34. The van der Waals surface area contributed by atoms with Gasteiger partial charge in [-0.1, -0.05) is 208 Å². The Bertz CT molecular complexity index is 3420. The standard InChI is InChI=1S/C64H47N/c1-63(2)54-25-12-10-22-52(54)61-49(24-15-28-57(61)63)45-33-38-48(39-34-45)65(47-36-31-44(32-37-47)42-17-5-3-6-18-42)60-30-16-29-58-62(60)53-23-11-14-27-56(53)64(58)55-26-13-9-21-50(55)51-40-35-46(41-59(51)64)43-19-7-4-8-20-43/h3-34,36-39,41H,35,40H2,1-2H3. The van der Waals surface area contributed by atoms with E-state index < -0.39 is 5.41 Å². The van der Waals surface area contributed by atoms with Gasteiger partial charge in [0.25, 0.3) is 0 Å². The van der Waals surface area contributed by atoms with E-state index in [0.717, 1.165) is 24.2 Å². The number of hydrogen-bond donors (Lipinski definition) is 0. The summed E-state index contributed by atoms with van der Waals surface area (Å²) in [5.74, 6) is 0. The monoisotopic (exact) mass is 829 g/mol. The van der Waals surface area contributed by atoms with Crippen molar-refractivity contribution in [2.24, 2.45) is 0 Å². The van der Waals surface area contributed by atoms with Crippen LogP contribution in [-0.4, -0.2) is 0 Å². The largest absolute Gasteiger partial charge is 0.310 e. The number of fused-ring (bicyclic) bond motifs is 12. The van der Waals surface area contributed by atoms with Crippen LogP contribution in [0.1, 0.15) is 65.6 Å². The number of rotatable bonds is 6. The Labute approximate surface area is 382 Å². The van der Waals surface area contributed by atoms with Gasteiger partial charge in [-0.3, -0.25) is 0 Å². The van der Waals surface area contributed by atoms with Crippen LogP contribution in [0.25, 0.3) is 55.7 Å². The highest BCUT2D eigenvalue weighted by atomic mass is 15.1. The smallest absolute Gasteiger partial charge is 0.0723 e. The van der Waals surface area contributed by atoms with Crippen molar-refractivity contribution in [1.29, 1.82) is 0 Å². The van der Waals surface area contributed by atoms with Gasteiger partial charge >= 0.3 is 0 Å². The molecule has 0 saturated heterocycles. The van der Waals surface area contributed by atoms with Gasteiger partial charge in [-0.25, -0.2) is 0 Å². The molecule has 1 heteroatoms. The lowest BCUT2D eigenvalue weighted by molar-refractivity contribution is 0.660. The minimum atomic E-state index is -0.446. The molecule has 4 aliphatic rings. The number of hydrogen-bond acceptors (Lipinski definition) is 1. The number of benzene rings is 9. The molecule has 0 aliphatic heterocycles. The molecule has 0 bridgehead atoms. The quantitative estimate of drug-likeness (QED) is 0.161. The lowest BCUT2D eigenvalue weighted by atomic mass is 9.68. The zero-order valence-electron chi connectivity index (χ0n) is 36.7. The molecule has 308 valence electrons.